The van der Waals surface area contributed by atoms with Gasteiger partial charge in [-0.1, -0.05) is 30.7 Å². The summed E-state index contributed by atoms with van der Waals surface area (Å²) in [4.78, 5) is 12.1. The van der Waals surface area contributed by atoms with Crippen LogP contribution in [-0.2, 0) is 6.54 Å². The Morgan fingerprint density at radius 3 is 2.57 bits per heavy atom. The van der Waals surface area contributed by atoms with Gasteiger partial charge in [0.2, 0.25) is 0 Å². The molecule has 0 saturated heterocycles. The standard InChI is InChI=1S/C16H17ClN2O2/c1-2-18-10-11-3-5-12(6-4-11)19-16(21)14-9-13(20)7-8-15(14)17/h3-9,18,20H,2,10H2,1H3,(H,19,21). The Bertz CT molecular complexity index is 627. The SMILES string of the molecule is CCNCc1ccc(NC(=O)c2cc(O)ccc2Cl)cc1. The number of hydrogen-bond donors (Lipinski definition) is 3. The van der Waals surface area contributed by atoms with Crippen LogP contribution in [0, 0.1) is 0 Å². The number of carbonyl (C=O) groups is 1. The molecule has 4 nitrogen and oxygen atoms in total. The van der Waals surface area contributed by atoms with Crippen LogP contribution in [-0.4, -0.2) is 17.6 Å². The predicted octanol–water partition coefficient (Wildman–Crippen LogP) is 3.41. The minimum absolute atomic E-state index is 0.00513. The Kier molecular flexibility index (Phi) is 5.20. The van der Waals surface area contributed by atoms with Crippen LogP contribution in [0.25, 0.3) is 0 Å². The predicted molar refractivity (Wildman–Crippen MR) is 84.9 cm³/mol. The summed E-state index contributed by atoms with van der Waals surface area (Å²) in [6, 6.07) is 11.8. The van der Waals surface area contributed by atoms with Gasteiger partial charge in [0, 0.05) is 12.2 Å². The number of halogens is 1. The Labute approximate surface area is 128 Å². The molecule has 0 fully saturated rings. The molecule has 2 aromatic carbocycles. The van der Waals surface area contributed by atoms with Crippen LogP contribution in [0.1, 0.15) is 22.8 Å². The molecule has 0 saturated carbocycles. The fourth-order valence-electron chi connectivity index (χ4n) is 1.86. The lowest BCUT2D eigenvalue weighted by molar-refractivity contribution is 0.102. The summed E-state index contributed by atoms with van der Waals surface area (Å²) in [5.41, 5.74) is 2.07. The summed E-state index contributed by atoms with van der Waals surface area (Å²) in [5.74, 6) is -0.346. The molecule has 21 heavy (non-hydrogen) atoms. The van der Waals surface area contributed by atoms with E-state index in [1.54, 1.807) is 0 Å². The van der Waals surface area contributed by atoms with Gasteiger partial charge >= 0.3 is 0 Å². The normalized spacial score (nSPS) is 10.4. The van der Waals surface area contributed by atoms with E-state index in [1.807, 2.05) is 31.2 Å². The molecule has 0 radical (unpaired) electrons. The second-order valence-electron chi connectivity index (χ2n) is 4.60. The molecular formula is C16H17ClN2O2. The molecule has 2 aromatic rings. The molecule has 5 heteroatoms. The molecular weight excluding hydrogens is 288 g/mol. The summed E-state index contributed by atoms with van der Waals surface area (Å²) < 4.78 is 0. The molecule has 0 aliphatic carbocycles. The third-order valence-corrected chi connectivity index (χ3v) is 3.32. The van der Waals surface area contributed by atoms with E-state index in [2.05, 4.69) is 10.6 Å². The first kappa shape index (κ1) is 15.4. The van der Waals surface area contributed by atoms with E-state index in [0.717, 1.165) is 18.7 Å². The van der Waals surface area contributed by atoms with Gasteiger partial charge in [-0.05, 0) is 42.4 Å². The fourth-order valence-corrected chi connectivity index (χ4v) is 2.06. The van der Waals surface area contributed by atoms with Crippen molar-refractivity contribution in [3.63, 3.8) is 0 Å². The monoisotopic (exact) mass is 304 g/mol. The van der Waals surface area contributed by atoms with Crippen molar-refractivity contribution in [1.82, 2.24) is 5.32 Å². The van der Waals surface area contributed by atoms with E-state index >= 15 is 0 Å². The molecule has 110 valence electrons. The number of amides is 1. The second kappa shape index (κ2) is 7.11. The molecule has 0 bridgehead atoms. The second-order valence-corrected chi connectivity index (χ2v) is 5.00. The summed E-state index contributed by atoms with van der Waals surface area (Å²) in [7, 11) is 0. The zero-order chi connectivity index (χ0) is 15.2. The maximum Gasteiger partial charge on any atom is 0.257 e. The van der Waals surface area contributed by atoms with E-state index in [4.69, 9.17) is 11.6 Å². The average Bonchev–Trinajstić information content (AvgIpc) is 2.49. The number of hydrogen-bond acceptors (Lipinski definition) is 3. The highest BCUT2D eigenvalue weighted by Crippen LogP contribution is 2.22. The number of rotatable bonds is 5. The summed E-state index contributed by atoms with van der Waals surface area (Å²) >= 11 is 5.96. The van der Waals surface area contributed by atoms with Crippen LogP contribution in [0.3, 0.4) is 0 Å². The molecule has 0 aromatic heterocycles. The third-order valence-electron chi connectivity index (χ3n) is 2.99. The Morgan fingerprint density at radius 2 is 1.90 bits per heavy atom. The highest BCUT2D eigenvalue weighted by molar-refractivity contribution is 6.34. The van der Waals surface area contributed by atoms with Gasteiger partial charge in [-0.25, -0.2) is 0 Å². The lowest BCUT2D eigenvalue weighted by Crippen LogP contribution is -2.13. The quantitative estimate of drug-likeness (QED) is 0.793. The van der Waals surface area contributed by atoms with Crippen molar-refractivity contribution in [2.24, 2.45) is 0 Å². The topological polar surface area (TPSA) is 61.4 Å². The first-order chi connectivity index (χ1) is 10.1. The summed E-state index contributed by atoms with van der Waals surface area (Å²) in [6.07, 6.45) is 0. The smallest absolute Gasteiger partial charge is 0.257 e. The Morgan fingerprint density at radius 1 is 1.19 bits per heavy atom. The van der Waals surface area contributed by atoms with Crippen LogP contribution in [0.4, 0.5) is 5.69 Å². The highest BCUT2D eigenvalue weighted by Gasteiger charge is 2.11. The molecule has 0 unspecified atom stereocenters. The van der Waals surface area contributed by atoms with E-state index < -0.39 is 0 Å². The van der Waals surface area contributed by atoms with Gasteiger partial charge in [-0.15, -0.1) is 0 Å². The van der Waals surface area contributed by atoms with Crippen molar-refractivity contribution >= 4 is 23.2 Å². The Balaban J connectivity index is 2.07. The van der Waals surface area contributed by atoms with E-state index in [9.17, 15) is 9.90 Å². The van der Waals surface area contributed by atoms with Crippen LogP contribution in [0.15, 0.2) is 42.5 Å². The van der Waals surface area contributed by atoms with Crippen molar-refractivity contribution in [1.29, 1.82) is 0 Å². The fraction of sp³-hybridized carbons (Fsp3) is 0.188. The van der Waals surface area contributed by atoms with E-state index in [1.165, 1.54) is 18.2 Å². The van der Waals surface area contributed by atoms with Gasteiger partial charge in [-0.2, -0.15) is 0 Å². The van der Waals surface area contributed by atoms with Gasteiger partial charge in [0.1, 0.15) is 5.75 Å². The van der Waals surface area contributed by atoms with Gasteiger partial charge < -0.3 is 15.7 Å². The van der Waals surface area contributed by atoms with Gasteiger partial charge in [0.15, 0.2) is 0 Å². The van der Waals surface area contributed by atoms with E-state index in [-0.39, 0.29) is 17.2 Å². The van der Waals surface area contributed by atoms with Crippen molar-refractivity contribution in [3.05, 3.63) is 58.6 Å². The zero-order valence-electron chi connectivity index (χ0n) is 11.7. The van der Waals surface area contributed by atoms with Crippen LogP contribution < -0.4 is 10.6 Å². The minimum Gasteiger partial charge on any atom is -0.508 e. The molecule has 0 aliphatic rings. The van der Waals surface area contributed by atoms with Crippen molar-refractivity contribution < 1.29 is 9.90 Å². The molecule has 0 heterocycles. The number of anilines is 1. The van der Waals surface area contributed by atoms with Crippen LogP contribution in [0.2, 0.25) is 5.02 Å². The average molecular weight is 305 g/mol. The molecule has 1 amide bonds. The lowest BCUT2D eigenvalue weighted by atomic mass is 10.1. The number of benzene rings is 2. The summed E-state index contributed by atoms with van der Waals surface area (Å²) in [5, 5.41) is 15.7. The number of aromatic hydroxyl groups is 1. The third kappa shape index (κ3) is 4.21. The molecule has 2 rings (SSSR count). The minimum atomic E-state index is -0.352. The van der Waals surface area contributed by atoms with Gasteiger partial charge in [0.25, 0.3) is 5.91 Å². The van der Waals surface area contributed by atoms with Crippen molar-refractivity contribution in [2.45, 2.75) is 13.5 Å². The zero-order valence-corrected chi connectivity index (χ0v) is 12.4. The number of phenolic OH excluding ortho intramolecular Hbond substituents is 1. The lowest BCUT2D eigenvalue weighted by Gasteiger charge is -2.08. The maximum atomic E-state index is 12.1. The van der Waals surface area contributed by atoms with Gasteiger partial charge in [-0.3, -0.25) is 4.79 Å². The van der Waals surface area contributed by atoms with Crippen LogP contribution >= 0.6 is 11.6 Å². The first-order valence-electron chi connectivity index (χ1n) is 6.69. The summed E-state index contributed by atoms with van der Waals surface area (Å²) in [6.45, 7) is 3.76. The number of carbonyl (C=O) groups excluding carboxylic acids is 1. The molecule has 0 aliphatic heterocycles. The number of nitrogens with one attached hydrogen (secondary N) is 2. The Hall–Kier alpha value is -2.04. The molecule has 3 N–H and O–H groups in total. The highest BCUT2D eigenvalue weighted by atomic mass is 35.5. The van der Waals surface area contributed by atoms with Crippen molar-refractivity contribution in [2.75, 3.05) is 11.9 Å². The molecule has 0 atom stereocenters. The van der Waals surface area contributed by atoms with E-state index in [0.29, 0.717) is 10.7 Å². The molecule has 0 spiro atoms. The van der Waals surface area contributed by atoms with Gasteiger partial charge in [0.05, 0.1) is 10.6 Å². The largest absolute Gasteiger partial charge is 0.508 e. The van der Waals surface area contributed by atoms with Crippen LogP contribution in [0.5, 0.6) is 5.75 Å². The maximum absolute atomic E-state index is 12.1. The first-order valence-corrected chi connectivity index (χ1v) is 7.07. The van der Waals surface area contributed by atoms with Crippen molar-refractivity contribution in [3.8, 4) is 5.75 Å². The number of phenols is 1.